The van der Waals surface area contributed by atoms with Crippen LogP contribution in [0.4, 0.5) is 5.69 Å². The zero-order valence-corrected chi connectivity index (χ0v) is 9.78. The first kappa shape index (κ1) is 9.96. The molecule has 0 atom stereocenters. The van der Waals surface area contributed by atoms with Crippen molar-refractivity contribution >= 4 is 28.5 Å². The Bertz CT molecular complexity index is 502. The van der Waals surface area contributed by atoms with Crippen LogP contribution in [0.3, 0.4) is 0 Å². The van der Waals surface area contributed by atoms with Gasteiger partial charge in [-0.1, -0.05) is 5.21 Å². The van der Waals surface area contributed by atoms with E-state index in [1.54, 1.807) is 0 Å². The third-order valence-electron chi connectivity index (χ3n) is 3.03. The van der Waals surface area contributed by atoms with E-state index >= 15 is 0 Å². The first-order chi connectivity index (χ1) is 7.84. The fourth-order valence-corrected chi connectivity index (χ4v) is 3.24. The van der Waals surface area contributed by atoms with E-state index < -0.39 is 0 Å². The highest BCUT2D eigenvalue weighted by atomic mass is 32.2. The molecular formula is C11H14N4S. The number of rotatable bonds is 1. The van der Waals surface area contributed by atoms with Crippen LogP contribution in [-0.2, 0) is 0 Å². The van der Waals surface area contributed by atoms with Gasteiger partial charge in [0.2, 0.25) is 0 Å². The maximum atomic E-state index is 5.73. The van der Waals surface area contributed by atoms with E-state index in [9.17, 15) is 0 Å². The van der Waals surface area contributed by atoms with Crippen LogP contribution in [0, 0.1) is 0 Å². The Balaban J connectivity index is 2.03. The minimum atomic E-state index is 0.509. The van der Waals surface area contributed by atoms with Crippen LogP contribution >= 0.6 is 11.8 Å². The number of thioether (sulfide) groups is 1. The largest absolute Gasteiger partial charge is 0.399 e. The summed E-state index contributed by atoms with van der Waals surface area (Å²) in [6.45, 7) is 0. The Morgan fingerprint density at radius 2 is 2.12 bits per heavy atom. The Labute approximate surface area is 98.2 Å². The molecule has 1 fully saturated rings. The lowest BCUT2D eigenvalue weighted by Crippen LogP contribution is -2.16. The molecule has 2 aromatic rings. The van der Waals surface area contributed by atoms with Gasteiger partial charge >= 0.3 is 0 Å². The molecule has 0 bridgehead atoms. The van der Waals surface area contributed by atoms with Crippen molar-refractivity contribution in [1.82, 2.24) is 15.0 Å². The minimum absolute atomic E-state index is 0.509. The van der Waals surface area contributed by atoms with Crippen molar-refractivity contribution in [1.29, 1.82) is 0 Å². The third-order valence-corrected chi connectivity index (χ3v) is 4.08. The van der Waals surface area contributed by atoms with Crippen LogP contribution in [0.5, 0.6) is 0 Å². The fraction of sp³-hybridized carbons (Fsp3) is 0.455. The molecule has 0 spiro atoms. The Hall–Kier alpha value is -1.23. The van der Waals surface area contributed by atoms with E-state index in [0.29, 0.717) is 6.04 Å². The molecule has 1 saturated heterocycles. The lowest BCUT2D eigenvalue weighted by molar-refractivity contribution is 0.428. The molecule has 16 heavy (non-hydrogen) atoms. The van der Waals surface area contributed by atoms with Crippen LogP contribution < -0.4 is 5.73 Å². The van der Waals surface area contributed by atoms with Gasteiger partial charge in [0.05, 0.1) is 11.6 Å². The molecule has 1 aliphatic heterocycles. The molecule has 1 aliphatic rings. The second-order valence-electron chi connectivity index (χ2n) is 4.13. The van der Waals surface area contributed by atoms with Crippen molar-refractivity contribution < 1.29 is 0 Å². The van der Waals surface area contributed by atoms with Crippen LogP contribution in [0.25, 0.3) is 11.0 Å². The predicted molar refractivity (Wildman–Crippen MR) is 67.5 cm³/mol. The van der Waals surface area contributed by atoms with Crippen molar-refractivity contribution in [2.75, 3.05) is 17.2 Å². The molecule has 3 rings (SSSR count). The molecule has 0 unspecified atom stereocenters. The standard InChI is InChI=1S/C11H14N4S/c12-8-1-2-11-10(7-8)13-14-15(11)9-3-5-16-6-4-9/h1-2,7,9H,3-6,12H2. The zero-order valence-electron chi connectivity index (χ0n) is 8.97. The molecule has 0 amide bonds. The lowest BCUT2D eigenvalue weighted by atomic mass is 10.1. The summed E-state index contributed by atoms with van der Waals surface area (Å²) >= 11 is 2.02. The molecular weight excluding hydrogens is 220 g/mol. The Morgan fingerprint density at radius 1 is 1.31 bits per heavy atom. The number of anilines is 1. The third kappa shape index (κ3) is 1.65. The number of hydrogen-bond donors (Lipinski definition) is 1. The molecule has 0 radical (unpaired) electrons. The normalized spacial score (nSPS) is 18.0. The average Bonchev–Trinajstić information content (AvgIpc) is 2.73. The molecule has 2 N–H and O–H groups in total. The van der Waals surface area contributed by atoms with Gasteiger partial charge in [-0.05, 0) is 42.5 Å². The first-order valence-electron chi connectivity index (χ1n) is 5.53. The quantitative estimate of drug-likeness (QED) is 0.767. The predicted octanol–water partition coefficient (Wildman–Crippen LogP) is 2.08. The highest BCUT2D eigenvalue weighted by molar-refractivity contribution is 7.99. The number of nitrogens with zero attached hydrogens (tertiary/aromatic N) is 3. The molecule has 84 valence electrons. The zero-order chi connectivity index (χ0) is 11.0. The van der Waals surface area contributed by atoms with Crippen LogP contribution in [0.15, 0.2) is 18.2 Å². The summed E-state index contributed by atoms with van der Waals surface area (Å²) < 4.78 is 2.06. The first-order valence-corrected chi connectivity index (χ1v) is 6.68. The second kappa shape index (κ2) is 3.97. The van der Waals surface area contributed by atoms with Gasteiger partial charge in [-0.2, -0.15) is 11.8 Å². The summed E-state index contributed by atoms with van der Waals surface area (Å²) in [6, 6.07) is 6.33. The van der Waals surface area contributed by atoms with E-state index in [1.807, 2.05) is 30.0 Å². The molecule has 2 heterocycles. The number of aromatic nitrogens is 3. The highest BCUT2D eigenvalue weighted by Gasteiger charge is 2.18. The minimum Gasteiger partial charge on any atom is -0.399 e. The number of nitrogen functional groups attached to an aromatic ring is 1. The van der Waals surface area contributed by atoms with Gasteiger partial charge < -0.3 is 5.73 Å². The lowest BCUT2D eigenvalue weighted by Gasteiger charge is -2.21. The summed E-state index contributed by atoms with van der Waals surface area (Å²) in [7, 11) is 0. The number of fused-ring (bicyclic) bond motifs is 1. The van der Waals surface area contributed by atoms with Crippen molar-refractivity contribution in [3.05, 3.63) is 18.2 Å². The van der Waals surface area contributed by atoms with Crippen LogP contribution in [0.1, 0.15) is 18.9 Å². The maximum absolute atomic E-state index is 5.73. The van der Waals surface area contributed by atoms with E-state index in [2.05, 4.69) is 15.0 Å². The second-order valence-corrected chi connectivity index (χ2v) is 5.35. The van der Waals surface area contributed by atoms with Gasteiger partial charge in [0.25, 0.3) is 0 Å². The van der Waals surface area contributed by atoms with Gasteiger partial charge in [-0.15, -0.1) is 5.10 Å². The van der Waals surface area contributed by atoms with E-state index in [-0.39, 0.29) is 0 Å². The smallest absolute Gasteiger partial charge is 0.115 e. The summed E-state index contributed by atoms with van der Waals surface area (Å²) in [5.41, 5.74) is 8.48. The summed E-state index contributed by atoms with van der Waals surface area (Å²) in [5, 5.41) is 8.44. The highest BCUT2D eigenvalue weighted by Crippen LogP contribution is 2.29. The van der Waals surface area contributed by atoms with Crippen LogP contribution in [-0.4, -0.2) is 26.5 Å². The average molecular weight is 234 g/mol. The monoisotopic (exact) mass is 234 g/mol. The van der Waals surface area contributed by atoms with Gasteiger partial charge in [-0.25, -0.2) is 4.68 Å². The summed E-state index contributed by atoms with van der Waals surface area (Å²) in [6.07, 6.45) is 2.38. The van der Waals surface area contributed by atoms with E-state index in [4.69, 9.17) is 5.73 Å². The Kier molecular flexibility index (Phi) is 2.47. The summed E-state index contributed by atoms with van der Waals surface area (Å²) in [5.74, 6) is 2.45. The number of nitrogens with two attached hydrogens (primary N) is 1. The fourth-order valence-electron chi connectivity index (χ4n) is 2.16. The van der Waals surface area contributed by atoms with Gasteiger partial charge in [0.1, 0.15) is 5.52 Å². The molecule has 0 aliphatic carbocycles. The van der Waals surface area contributed by atoms with Gasteiger partial charge in [0.15, 0.2) is 0 Å². The van der Waals surface area contributed by atoms with Gasteiger partial charge in [-0.3, -0.25) is 0 Å². The van der Waals surface area contributed by atoms with Crippen molar-refractivity contribution in [3.8, 4) is 0 Å². The van der Waals surface area contributed by atoms with Crippen molar-refractivity contribution in [3.63, 3.8) is 0 Å². The van der Waals surface area contributed by atoms with E-state index in [1.165, 1.54) is 24.3 Å². The SMILES string of the molecule is Nc1ccc2c(c1)nnn2C1CCSCC1. The van der Waals surface area contributed by atoms with Gasteiger partial charge in [0, 0.05) is 5.69 Å². The molecule has 1 aromatic carbocycles. The number of benzene rings is 1. The molecule has 1 aromatic heterocycles. The van der Waals surface area contributed by atoms with Crippen molar-refractivity contribution in [2.45, 2.75) is 18.9 Å². The molecule has 4 nitrogen and oxygen atoms in total. The maximum Gasteiger partial charge on any atom is 0.115 e. The topological polar surface area (TPSA) is 56.7 Å². The Morgan fingerprint density at radius 3 is 2.94 bits per heavy atom. The van der Waals surface area contributed by atoms with E-state index in [0.717, 1.165) is 16.7 Å². The molecule has 0 saturated carbocycles. The summed E-state index contributed by atoms with van der Waals surface area (Å²) in [4.78, 5) is 0. The van der Waals surface area contributed by atoms with Crippen LogP contribution in [0.2, 0.25) is 0 Å². The number of hydrogen-bond acceptors (Lipinski definition) is 4. The van der Waals surface area contributed by atoms with Crippen molar-refractivity contribution in [2.24, 2.45) is 0 Å². The molecule has 5 heteroatoms.